The number of oxime groups is 1. The highest BCUT2D eigenvalue weighted by Crippen LogP contribution is 2.23. The summed E-state index contributed by atoms with van der Waals surface area (Å²) in [5, 5.41) is 4.32. The molecule has 4 rings (SSSR count). The van der Waals surface area contributed by atoms with E-state index in [2.05, 4.69) is 9.89 Å². The third kappa shape index (κ3) is 8.52. The number of ether oxygens (including phenoxy) is 3. The van der Waals surface area contributed by atoms with Gasteiger partial charge in [0.05, 0.1) is 18.9 Å². The highest BCUT2D eigenvalue weighted by atomic mass is 19.4. The molecule has 0 atom stereocenters. The fourth-order valence-electron chi connectivity index (χ4n) is 3.74. The van der Waals surface area contributed by atoms with Gasteiger partial charge in [-0.3, -0.25) is 4.79 Å². The van der Waals surface area contributed by atoms with Crippen LogP contribution < -0.4 is 9.47 Å². The number of amides is 1. The van der Waals surface area contributed by atoms with E-state index < -0.39 is 6.36 Å². The van der Waals surface area contributed by atoms with Crippen molar-refractivity contribution in [1.82, 2.24) is 4.90 Å². The highest BCUT2D eigenvalue weighted by molar-refractivity contribution is 6.01. The fourth-order valence-corrected chi connectivity index (χ4v) is 3.74. The molecule has 7 nitrogen and oxygen atoms in total. The molecule has 200 valence electrons. The van der Waals surface area contributed by atoms with E-state index in [-0.39, 0.29) is 24.9 Å². The second-order valence-electron chi connectivity index (χ2n) is 8.47. The molecule has 38 heavy (non-hydrogen) atoms. The van der Waals surface area contributed by atoms with E-state index in [4.69, 9.17) is 14.3 Å². The topological polar surface area (TPSA) is 69.6 Å². The van der Waals surface area contributed by atoms with E-state index in [9.17, 15) is 18.0 Å². The smallest absolute Gasteiger partial charge is 0.484 e. The van der Waals surface area contributed by atoms with Crippen molar-refractivity contribution < 1.29 is 37.0 Å². The molecule has 1 fully saturated rings. The number of carbonyl (C=O) groups excluding carboxylic acids is 1. The third-order valence-electron chi connectivity index (χ3n) is 5.69. The molecule has 1 aliphatic rings. The van der Waals surface area contributed by atoms with E-state index in [1.807, 2.05) is 42.5 Å². The minimum atomic E-state index is -4.74. The largest absolute Gasteiger partial charge is 0.573 e. The van der Waals surface area contributed by atoms with Crippen LogP contribution in [0.25, 0.3) is 0 Å². The van der Waals surface area contributed by atoms with E-state index in [1.54, 1.807) is 17.0 Å². The van der Waals surface area contributed by atoms with Crippen LogP contribution in [0.5, 0.6) is 11.5 Å². The van der Waals surface area contributed by atoms with Gasteiger partial charge in [-0.2, -0.15) is 0 Å². The van der Waals surface area contributed by atoms with E-state index in [1.165, 1.54) is 24.3 Å². The van der Waals surface area contributed by atoms with Crippen LogP contribution in [-0.4, -0.2) is 55.8 Å². The molecule has 0 N–H and O–H groups in total. The zero-order valence-electron chi connectivity index (χ0n) is 20.5. The predicted octanol–water partition coefficient (Wildman–Crippen LogP) is 4.99. The first-order chi connectivity index (χ1) is 18.4. The number of hydrogen-bond donors (Lipinski definition) is 0. The Hall–Kier alpha value is -4.05. The van der Waals surface area contributed by atoms with Gasteiger partial charge in [-0.1, -0.05) is 47.6 Å². The first-order valence-corrected chi connectivity index (χ1v) is 12.0. The number of carbonyl (C=O) groups is 1. The van der Waals surface area contributed by atoms with Gasteiger partial charge in [0.15, 0.2) is 6.61 Å². The van der Waals surface area contributed by atoms with E-state index in [0.29, 0.717) is 49.7 Å². The van der Waals surface area contributed by atoms with E-state index >= 15 is 0 Å². The van der Waals surface area contributed by atoms with Gasteiger partial charge >= 0.3 is 6.36 Å². The first kappa shape index (κ1) is 27.0. The van der Waals surface area contributed by atoms with Crippen LogP contribution in [-0.2, 0) is 27.4 Å². The maximum atomic E-state index is 12.4. The maximum Gasteiger partial charge on any atom is 0.573 e. The number of hydrogen-bond acceptors (Lipinski definition) is 6. The number of halogens is 3. The number of alkyl halides is 3. The van der Waals surface area contributed by atoms with Crippen molar-refractivity contribution in [3.63, 3.8) is 0 Å². The molecule has 0 aliphatic carbocycles. The Kier molecular flexibility index (Phi) is 9.21. The fraction of sp³-hybridized carbons (Fsp3) is 0.286. The van der Waals surface area contributed by atoms with Gasteiger partial charge in [0.2, 0.25) is 0 Å². The Bertz CT molecular complexity index is 1190. The lowest BCUT2D eigenvalue weighted by Crippen LogP contribution is -2.42. The van der Waals surface area contributed by atoms with Crippen molar-refractivity contribution in [2.24, 2.45) is 5.16 Å². The van der Waals surface area contributed by atoms with Gasteiger partial charge in [0.1, 0.15) is 18.1 Å². The van der Waals surface area contributed by atoms with Crippen molar-refractivity contribution in [3.8, 4) is 11.5 Å². The van der Waals surface area contributed by atoms with Crippen LogP contribution in [0.1, 0.15) is 16.7 Å². The molecule has 1 aliphatic heterocycles. The Morgan fingerprint density at radius 3 is 2.18 bits per heavy atom. The van der Waals surface area contributed by atoms with Crippen molar-refractivity contribution in [3.05, 3.63) is 95.6 Å². The van der Waals surface area contributed by atoms with Crippen LogP contribution in [0, 0.1) is 0 Å². The van der Waals surface area contributed by atoms with Crippen LogP contribution >= 0.6 is 0 Å². The summed E-state index contributed by atoms with van der Waals surface area (Å²) in [7, 11) is 0. The molecule has 1 amide bonds. The zero-order valence-corrected chi connectivity index (χ0v) is 20.5. The Morgan fingerprint density at radius 2 is 1.53 bits per heavy atom. The lowest BCUT2D eigenvalue weighted by Gasteiger charge is -2.26. The lowest BCUT2D eigenvalue weighted by atomic mass is 10.0. The summed E-state index contributed by atoms with van der Waals surface area (Å²) in [6.45, 7) is 2.20. The number of benzene rings is 3. The van der Waals surface area contributed by atoms with Crippen molar-refractivity contribution in [2.75, 3.05) is 32.9 Å². The van der Waals surface area contributed by atoms with Crippen molar-refractivity contribution >= 4 is 11.6 Å². The molecule has 1 heterocycles. The summed E-state index contributed by atoms with van der Waals surface area (Å²) in [4.78, 5) is 19.6. The number of morpholine rings is 1. The summed E-state index contributed by atoms with van der Waals surface area (Å²) in [5.74, 6) is 0.162. The molecule has 0 bridgehead atoms. The van der Waals surface area contributed by atoms with Gasteiger partial charge in [0.25, 0.3) is 5.91 Å². The van der Waals surface area contributed by atoms with E-state index in [0.717, 1.165) is 11.1 Å². The second kappa shape index (κ2) is 13.0. The Morgan fingerprint density at radius 1 is 0.868 bits per heavy atom. The normalized spacial score (nSPS) is 14.2. The predicted molar refractivity (Wildman–Crippen MR) is 134 cm³/mol. The summed E-state index contributed by atoms with van der Waals surface area (Å²) in [6.07, 6.45) is -4.25. The molecular formula is C28H27F3N2O5. The standard InChI is InChI=1S/C28H27F3N2O5/c29-28(30,31)38-25-10-6-22(7-11-25)19-37-32-26(18-21-4-2-1-3-5-21)23-8-12-24(13-9-23)36-20-27(34)33-14-16-35-17-15-33/h1-13H,14-20H2/b32-26-. The highest BCUT2D eigenvalue weighted by Gasteiger charge is 2.30. The SMILES string of the molecule is O=C(COc1ccc(/C(Cc2ccccc2)=N\OCc2ccc(OC(F)(F)F)cc2)cc1)N1CCOCC1. The molecule has 10 heteroatoms. The summed E-state index contributed by atoms with van der Waals surface area (Å²) < 4.78 is 51.9. The molecule has 0 aromatic heterocycles. The second-order valence-corrected chi connectivity index (χ2v) is 8.47. The molecule has 0 spiro atoms. The molecule has 0 unspecified atom stereocenters. The summed E-state index contributed by atoms with van der Waals surface area (Å²) >= 11 is 0. The number of rotatable bonds is 10. The molecular weight excluding hydrogens is 501 g/mol. The van der Waals surface area contributed by atoms with Crippen LogP contribution in [0.3, 0.4) is 0 Å². The maximum absolute atomic E-state index is 12.4. The minimum Gasteiger partial charge on any atom is -0.484 e. The van der Waals surface area contributed by atoms with Gasteiger partial charge in [0, 0.05) is 19.5 Å². The average molecular weight is 529 g/mol. The molecule has 3 aromatic rings. The zero-order chi connectivity index (χ0) is 26.8. The van der Waals surface area contributed by atoms with Crippen molar-refractivity contribution in [2.45, 2.75) is 19.4 Å². The Labute approximate surface area is 218 Å². The molecule has 0 radical (unpaired) electrons. The quantitative estimate of drug-likeness (QED) is 0.274. The average Bonchev–Trinajstić information content (AvgIpc) is 2.93. The van der Waals surface area contributed by atoms with Crippen LogP contribution in [0.2, 0.25) is 0 Å². The lowest BCUT2D eigenvalue weighted by molar-refractivity contribution is -0.274. The van der Waals surface area contributed by atoms with Gasteiger partial charge < -0.3 is 23.9 Å². The summed E-state index contributed by atoms with van der Waals surface area (Å²) in [5.41, 5.74) is 3.12. The summed E-state index contributed by atoms with van der Waals surface area (Å²) in [6, 6.07) is 22.4. The minimum absolute atomic E-state index is 0.0553. The Balaban J connectivity index is 1.39. The van der Waals surface area contributed by atoms with Gasteiger partial charge in [-0.05, 0) is 53.1 Å². The first-order valence-electron chi connectivity index (χ1n) is 12.0. The molecule has 0 saturated carbocycles. The van der Waals surface area contributed by atoms with Gasteiger partial charge in [-0.15, -0.1) is 13.2 Å². The monoisotopic (exact) mass is 528 g/mol. The third-order valence-corrected chi connectivity index (χ3v) is 5.69. The van der Waals surface area contributed by atoms with Crippen LogP contribution in [0.15, 0.2) is 84.0 Å². The van der Waals surface area contributed by atoms with Crippen LogP contribution in [0.4, 0.5) is 13.2 Å². The molecule has 1 saturated heterocycles. The number of nitrogens with zero attached hydrogens (tertiary/aromatic N) is 2. The van der Waals surface area contributed by atoms with Gasteiger partial charge in [-0.25, -0.2) is 0 Å². The van der Waals surface area contributed by atoms with Crippen molar-refractivity contribution in [1.29, 1.82) is 0 Å². The molecule has 3 aromatic carbocycles.